The second-order valence-electron chi connectivity index (χ2n) is 6.53. The van der Waals surface area contributed by atoms with Crippen LogP contribution in [0.5, 0.6) is 0 Å². The lowest BCUT2D eigenvalue weighted by Crippen LogP contribution is -2.29. The summed E-state index contributed by atoms with van der Waals surface area (Å²) < 4.78 is 14.7. The minimum absolute atomic E-state index is 0.117. The third-order valence-corrected chi connectivity index (χ3v) is 5.05. The van der Waals surface area contributed by atoms with Gasteiger partial charge in [0.2, 0.25) is 0 Å². The predicted octanol–water partition coefficient (Wildman–Crippen LogP) is 5.11. The molecule has 1 N–H and O–H groups in total. The highest BCUT2D eigenvalue weighted by Crippen LogP contribution is 2.42. The SMILES string of the molecule is O=C1C(=O)N(c2ccccc2)C(c2ccccc2F)C1=C(O)c1ccc(Cl)cc1. The largest absolute Gasteiger partial charge is 0.507 e. The first kappa shape index (κ1) is 18.9. The number of para-hydroxylation sites is 1. The summed E-state index contributed by atoms with van der Waals surface area (Å²) in [4.78, 5) is 27.0. The third kappa shape index (κ3) is 3.30. The fourth-order valence-corrected chi connectivity index (χ4v) is 3.57. The normalized spacial score (nSPS) is 18.3. The molecule has 3 aromatic carbocycles. The standard InChI is InChI=1S/C23H15ClFNO3/c24-15-12-10-14(11-13-15)21(27)19-20(17-8-4-5-9-18(17)25)26(23(29)22(19)28)16-6-2-1-3-7-16/h1-13,20,27H. The van der Waals surface area contributed by atoms with Crippen LogP contribution in [-0.2, 0) is 9.59 Å². The van der Waals surface area contributed by atoms with Crippen molar-refractivity contribution in [2.75, 3.05) is 4.90 Å². The van der Waals surface area contributed by atoms with Crippen molar-refractivity contribution in [2.45, 2.75) is 6.04 Å². The number of carbonyl (C=O) groups excluding carboxylic acids is 2. The molecule has 144 valence electrons. The molecule has 0 bridgehead atoms. The lowest BCUT2D eigenvalue weighted by atomic mass is 9.94. The van der Waals surface area contributed by atoms with Gasteiger partial charge in [-0.25, -0.2) is 4.39 Å². The number of amides is 1. The van der Waals surface area contributed by atoms with Crippen LogP contribution >= 0.6 is 11.6 Å². The summed E-state index contributed by atoms with van der Waals surface area (Å²) in [5.41, 5.74) is 0.678. The molecule has 1 amide bonds. The number of Topliss-reactive ketones (excluding diaryl/α,β-unsaturated/α-hetero) is 1. The van der Waals surface area contributed by atoms with Gasteiger partial charge in [-0.3, -0.25) is 14.5 Å². The quantitative estimate of drug-likeness (QED) is 0.373. The summed E-state index contributed by atoms with van der Waals surface area (Å²) in [5.74, 6) is -2.68. The summed E-state index contributed by atoms with van der Waals surface area (Å²) in [5, 5.41) is 11.4. The molecule has 1 aliphatic heterocycles. The molecule has 1 saturated heterocycles. The zero-order valence-corrected chi connectivity index (χ0v) is 15.8. The molecule has 6 heteroatoms. The van der Waals surface area contributed by atoms with E-state index in [2.05, 4.69) is 0 Å². The molecule has 3 aromatic rings. The Morgan fingerprint density at radius 1 is 0.897 bits per heavy atom. The second-order valence-corrected chi connectivity index (χ2v) is 6.97. The van der Waals surface area contributed by atoms with Gasteiger partial charge in [0.05, 0.1) is 11.6 Å². The van der Waals surface area contributed by atoms with Gasteiger partial charge in [0.15, 0.2) is 0 Å². The van der Waals surface area contributed by atoms with Gasteiger partial charge in [0.1, 0.15) is 11.6 Å². The summed E-state index contributed by atoms with van der Waals surface area (Å²) in [7, 11) is 0. The van der Waals surface area contributed by atoms with E-state index in [0.717, 1.165) is 0 Å². The van der Waals surface area contributed by atoms with Gasteiger partial charge >= 0.3 is 0 Å². The highest BCUT2D eigenvalue weighted by atomic mass is 35.5. The molecule has 4 nitrogen and oxygen atoms in total. The van der Waals surface area contributed by atoms with Crippen molar-refractivity contribution in [2.24, 2.45) is 0 Å². The molecular weight excluding hydrogens is 393 g/mol. The fraction of sp³-hybridized carbons (Fsp3) is 0.0435. The molecular formula is C23H15ClFNO3. The monoisotopic (exact) mass is 407 g/mol. The van der Waals surface area contributed by atoms with Crippen molar-refractivity contribution in [3.63, 3.8) is 0 Å². The van der Waals surface area contributed by atoms with Crippen LogP contribution in [0.4, 0.5) is 10.1 Å². The molecule has 4 rings (SSSR count). The number of rotatable bonds is 3. The van der Waals surface area contributed by atoms with Gasteiger partial charge in [-0.1, -0.05) is 48.0 Å². The van der Waals surface area contributed by atoms with Crippen LogP contribution in [0.3, 0.4) is 0 Å². The Bertz CT molecular complexity index is 1130. The van der Waals surface area contributed by atoms with Crippen LogP contribution in [0.1, 0.15) is 17.2 Å². The van der Waals surface area contributed by atoms with Crippen molar-refractivity contribution in [1.82, 2.24) is 0 Å². The number of hydrogen-bond acceptors (Lipinski definition) is 3. The number of carbonyl (C=O) groups is 2. The van der Waals surface area contributed by atoms with Crippen LogP contribution in [0.2, 0.25) is 5.02 Å². The van der Waals surface area contributed by atoms with Crippen LogP contribution < -0.4 is 4.90 Å². The molecule has 1 fully saturated rings. The maximum atomic E-state index is 14.7. The molecule has 0 aromatic heterocycles. The Morgan fingerprint density at radius 2 is 1.52 bits per heavy atom. The first-order valence-electron chi connectivity index (χ1n) is 8.85. The Morgan fingerprint density at radius 3 is 2.17 bits per heavy atom. The Balaban J connectivity index is 1.97. The molecule has 0 radical (unpaired) electrons. The first-order valence-corrected chi connectivity index (χ1v) is 9.23. The number of hydrogen-bond donors (Lipinski definition) is 1. The first-order chi connectivity index (χ1) is 14.0. The fourth-order valence-electron chi connectivity index (χ4n) is 3.44. The van der Waals surface area contributed by atoms with E-state index < -0.39 is 23.5 Å². The molecule has 1 heterocycles. The smallest absolute Gasteiger partial charge is 0.300 e. The number of halogens is 2. The van der Waals surface area contributed by atoms with Crippen molar-refractivity contribution in [3.05, 3.63) is 106 Å². The van der Waals surface area contributed by atoms with Gasteiger partial charge < -0.3 is 5.11 Å². The minimum Gasteiger partial charge on any atom is -0.507 e. The Hall–Kier alpha value is -3.44. The van der Waals surface area contributed by atoms with Gasteiger partial charge in [-0.05, 0) is 42.5 Å². The van der Waals surface area contributed by atoms with E-state index >= 15 is 0 Å². The highest BCUT2D eigenvalue weighted by Gasteiger charge is 2.47. The van der Waals surface area contributed by atoms with Gasteiger partial charge in [0, 0.05) is 21.8 Å². The molecule has 1 atom stereocenters. The molecule has 0 spiro atoms. The Labute approximate surface area is 171 Å². The number of ketones is 1. The maximum absolute atomic E-state index is 14.7. The highest BCUT2D eigenvalue weighted by molar-refractivity contribution is 6.51. The molecule has 1 unspecified atom stereocenters. The van der Waals surface area contributed by atoms with Crippen molar-refractivity contribution in [3.8, 4) is 0 Å². The zero-order chi connectivity index (χ0) is 20.5. The number of aliphatic hydroxyl groups is 1. The zero-order valence-electron chi connectivity index (χ0n) is 15.0. The number of benzene rings is 3. The average molecular weight is 408 g/mol. The van der Waals surface area contributed by atoms with E-state index in [0.29, 0.717) is 16.3 Å². The van der Waals surface area contributed by atoms with E-state index in [1.165, 1.54) is 35.2 Å². The van der Waals surface area contributed by atoms with Gasteiger partial charge in [-0.2, -0.15) is 0 Å². The third-order valence-electron chi connectivity index (χ3n) is 4.80. The van der Waals surface area contributed by atoms with E-state index in [1.54, 1.807) is 48.5 Å². The minimum atomic E-state index is -1.10. The molecule has 0 aliphatic carbocycles. The van der Waals surface area contributed by atoms with Crippen molar-refractivity contribution in [1.29, 1.82) is 0 Å². The average Bonchev–Trinajstić information content (AvgIpc) is 3.00. The van der Waals surface area contributed by atoms with Crippen LogP contribution in [-0.4, -0.2) is 16.8 Å². The van der Waals surface area contributed by atoms with Crippen LogP contribution in [0.25, 0.3) is 5.76 Å². The lowest BCUT2D eigenvalue weighted by Gasteiger charge is -2.25. The molecule has 0 saturated carbocycles. The van der Waals surface area contributed by atoms with E-state index in [-0.39, 0.29) is 16.9 Å². The lowest BCUT2D eigenvalue weighted by molar-refractivity contribution is -0.132. The van der Waals surface area contributed by atoms with Crippen LogP contribution in [0.15, 0.2) is 84.4 Å². The maximum Gasteiger partial charge on any atom is 0.300 e. The van der Waals surface area contributed by atoms with Crippen molar-refractivity contribution < 1.29 is 19.1 Å². The number of aliphatic hydroxyl groups excluding tert-OH is 1. The van der Waals surface area contributed by atoms with E-state index in [9.17, 15) is 19.1 Å². The summed E-state index contributed by atoms with van der Waals surface area (Å²) >= 11 is 5.90. The van der Waals surface area contributed by atoms with E-state index in [4.69, 9.17) is 11.6 Å². The molecule has 29 heavy (non-hydrogen) atoms. The number of nitrogens with zero attached hydrogens (tertiary/aromatic N) is 1. The number of anilines is 1. The summed E-state index contributed by atoms with van der Waals surface area (Å²) in [6.07, 6.45) is 0. The van der Waals surface area contributed by atoms with Gasteiger partial charge in [-0.15, -0.1) is 0 Å². The summed E-state index contributed by atoms with van der Waals surface area (Å²) in [6, 6.07) is 19.5. The van der Waals surface area contributed by atoms with E-state index in [1.807, 2.05) is 0 Å². The van der Waals surface area contributed by atoms with Gasteiger partial charge in [0.25, 0.3) is 11.7 Å². The Kier molecular flexibility index (Phi) is 4.91. The molecule has 1 aliphatic rings. The second kappa shape index (κ2) is 7.53. The predicted molar refractivity (Wildman–Crippen MR) is 109 cm³/mol. The topological polar surface area (TPSA) is 57.6 Å². The summed E-state index contributed by atoms with van der Waals surface area (Å²) in [6.45, 7) is 0. The van der Waals surface area contributed by atoms with Crippen LogP contribution in [0, 0.1) is 5.82 Å². The van der Waals surface area contributed by atoms with Crippen molar-refractivity contribution >= 4 is 34.7 Å².